The molecule has 4 nitrogen and oxygen atoms in total. The Hall–Kier alpha value is -0.780. The van der Waals surface area contributed by atoms with Gasteiger partial charge in [0.1, 0.15) is 5.60 Å². The van der Waals surface area contributed by atoms with Gasteiger partial charge in [-0.2, -0.15) is 0 Å². The van der Waals surface area contributed by atoms with E-state index in [0.717, 1.165) is 10.0 Å². The summed E-state index contributed by atoms with van der Waals surface area (Å²) in [5.41, 5.74) is 5.90. The highest BCUT2D eigenvalue weighted by molar-refractivity contribution is 9.10. The second-order valence-electron chi connectivity index (χ2n) is 5.10. The van der Waals surface area contributed by atoms with E-state index in [0.29, 0.717) is 5.02 Å². The third kappa shape index (κ3) is 5.38. The number of hydrogen-bond donors (Lipinski definition) is 2. The number of ether oxygens (including phenoxy) is 1. The predicted octanol–water partition coefficient (Wildman–Crippen LogP) is 3.63. The molecular weight excluding hydrogens is 332 g/mol. The lowest BCUT2D eigenvalue weighted by atomic mass is 10.1. The predicted molar refractivity (Wildman–Crippen MR) is 80.3 cm³/mol. The first-order chi connectivity index (χ1) is 8.73. The van der Waals surface area contributed by atoms with Crippen LogP contribution in [0.25, 0.3) is 0 Å². The van der Waals surface area contributed by atoms with Crippen molar-refractivity contribution >= 4 is 33.6 Å². The summed E-state index contributed by atoms with van der Waals surface area (Å²) in [5.74, 6) is 0. The highest BCUT2D eigenvalue weighted by Crippen LogP contribution is 2.26. The zero-order chi connectivity index (χ0) is 14.6. The van der Waals surface area contributed by atoms with Crippen molar-refractivity contribution in [3.8, 4) is 0 Å². The van der Waals surface area contributed by atoms with Crippen LogP contribution >= 0.6 is 27.5 Å². The van der Waals surface area contributed by atoms with Gasteiger partial charge in [0, 0.05) is 16.0 Å². The summed E-state index contributed by atoms with van der Waals surface area (Å²) in [4.78, 5) is 11.7. The van der Waals surface area contributed by atoms with Gasteiger partial charge in [-0.3, -0.25) is 0 Å². The molecular formula is C13H18BrClN2O2. The third-order valence-electron chi connectivity index (χ3n) is 2.26. The molecule has 1 atom stereocenters. The molecule has 0 saturated heterocycles. The second-order valence-corrected chi connectivity index (χ2v) is 6.42. The summed E-state index contributed by atoms with van der Waals surface area (Å²) < 4.78 is 6.07. The van der Waals surface area contributed by atoms with Gasteiger partial charge in [-0.1, -0.05) is 33.6 Å². The van der Waals surface area contributed by atoms with Gasteiger partial charge in [-0.15, -0.1) is 0 Å². The molecule has 0 aliphatic carbocycles. The van der Waals surface area contributed by atoms with E-state index in [4.69, 9.17) is 22.1 Å². The molecule has 3 N–H and O–H groups in total. The van der Waals surface area contributed by atoms with Crippen LogP contribution in [0.1, 0.15) is 32.4 Å². The Kier molecular flexibility index (Phi) is 5.64. The minimum absolute atomic E-state index is 0.237. The van der Waals surface area contributed by atoms with Crippen molar-refractivity contribution in [3.05, 3.63) is 33.3 Å². The van der Waals surface area contributed by atoms with Crippen LogP contribution in [0.3, 0.4) is 0 Å². The van der Waals surface area contributed by atoms with Gasteiger partial charge in [0.25, 0.3) is 0 Å². The quantitative estimate of drug-likeness (QED) is 0.876. The van der Waals surface area contributed by atoms with Crippen molar-refractivity contribution in [3.63, 3.8) is 0 Å². The molecule has 1 rings (SSSR count). The average molecular weight is 350 g/mol. The van der Waals surface area contributed by atoms with Crippen LogP contribution in [0.5, 0.6) is 0 Å². The van der Waals surface area contributed by atoms with Gasteiger partial charge in [-0.25, -0.2) is 4.79 Å². The Morgan fingerprint density at radius 2 is 2.16 bits per heavy atom. The molecule has 1 aromatic carbocycles. The van der Waals surface area contributed by atoms with Crippen molar-refractivity contribution in [2.45, 2.75) is 32.4 Å². The van der Waals surface area contributed by atoms with E-state index < -0.39 is 11.7 Å². The average Bonchev–Trinajstić information content (AvgIpc) is 2.24. The van der Waals surface area contributed by atoms with Crippen LogP contribution in [0.4, 0.5) is 4.79 Å². The van der Waals surface area contributed by atoms with E-state index in [1.165, 1.54) is 0 Å². The van der Waals surface area contributed by atoms with E-state index in [9.17, 15) is 4.79 Å². The molecule has 0 aliphatic heterocycles. The summed E-state index contributed by atoms with van der Waals surface area (Å²) in [7, 11) is 0. The van der Waals surface area contributed by atoms with Gasteiger partial charge in [-0.05, 0) is 38.5 Å². The molecule has 6 heteroatoms. The summed E-state index contributed by atoms with van der Waals surface area (Å²) in [5, 5.41) is 3.26. The van der Waals surface area contributed by atoms with Crippen molar-refractivity contribution in [1.29, 1.82) is 0 Å². The number of hydrogen-bond acceptors (Lipinski definition) is 3. The summed E-state index contributed by atoms with van der Waals surface area (Å²) in [6.07, 6.45) is -0.512. The Morgan fingerprint density at radius 1 is 1.53 bits per heavy atom. The number of carbonyl (C=O) groups is 1. The molecule has 0 radical (unpaired) electrons. The highest BCUT2D eigenvalue weighted by atomic mass is 79.9. The lowest BCUT2D eigenvalue weighted by Crippen LogP contribution is -2.37. The number of alkyl carbamates (subject to hydrolysis) is 1. The number of carbonyl (C=O) groups excluding carboxylic acids is 1. The number of nitrogens with one attached hydrogen (secondary N) is 1. The SMILES string of the molecule is CC(C)(C)OC(=O)NC(CN)c1ccc(Br)cc1Cl. The molecule has 1 aromatic rings. The smallest absolute Gasteiger partial charge is 0.408 e. The molecule has 0 aliphatic rings. The van der Waals surface area contributed by atoms with E-state index in [1.54, 1.807) is 26.8 Å². The standard InChI is InChI=1S/C13H18BrClN2O2/c1-13(2,3)19-12(18)17-11(7-16)9-5-4-8(14)6-10(9)15/h4-6,11H,7,16H2,1-3H3,(H,17,18). The fraction of sp³-hybridized carbons (Fsp3) is 0.462. The van der Waals surface area contributed by atoms with Gasteiger partial charge in [0.15, 0.2) is 0 Å². The molecule has 0 fully saturated rings. The van der Waals surface area contributed by atoms with Crippen molar-refractivity contribution in [1.82, 2.24) is 5.32 Å². The Balaban J connectivity index is 2.81. The summed E-state index contributed by atoms with van der Waals surface area (Å²) in [6.45, 7) is 5.64. The zero-order valence-electron chi connectivity index (χ0n) is 11.2. The highest BCUT2D eigenvalue weighted by Gasteiger charge is 2.21. The Bertz CT molecular complexity index is 460. The molecule has 0 saturated carbocycles. The Labute approximate surface area is 126 Å². The molecule has 0 bridgehead atoms. The van der Waals surface area contributed by atoms with Crippen LogP contribution in [-0.4, -0.2) is 18.2 Å². The molecule has 1 amide bonds. The van der Waals surface area contributed by atoms with Gasteiger partial charge < -0.3 is 15.8 Å². The van der Waals surface area contributed by atoms with Crippen molar-refractivity contribution in [2.24, 2.45) is 5.73 Å². The van der Waals surface area contributed by atoms with Crippen LogP contribution in [0.2, 0.25) is 5.02 Å². The largest absolute Gasteiger partial charge is 0.444 e. The minimum atomic E-state index is -0.549. The zero-order valence-corrected chi connectivity index (χ0v) is 13.5. The number of benzene rings is 1. The molecule has 0 heterocycles. The number of amides is 1. The van der Waals surface area contributed by atoms with E-state index in [-0.39, 0.29) is 12.6 Å². The van der Waals surface area contributed by atoms with Crippen molar-refractivity contribution in [2.75, 3.05) is 6.54 Å². The minimum Gasteiger partial charge on any atom is -0.444 e. The van der Waals surface area contributed by atoms with Crippen LogP contribution in [0.15, 0.2) is 22.7 Å². The Morgan fingerprint density at radius 3 is 2.63 bits per heavy atom. The normalized spacial score (nSPS) is 12.9. The topological polar surface area (TPSA) is 64.3 Å². The molecule has 106 valence electrons. The maximum absolute atomic E-state index is 11.7. The van der Waals surface area contributed by atoms with E-state index in [1.807, 2.05) is 12.1 Å². The monoisotopic (exact) mass is 348 g/mol. The summed E-state index contributed by atoms with van der Waals surface area (Å²) in [6, 6.07) is 5.05. The maximum Gasteiger partial charge on any atom is 0.408 e. The molecule has 0 spiro atoms. The van der Waals surface area contributed by atoms with Gasteiger partial charge >= 0.3 is 6.09 Å². The first-order valence-corrected chi connectivity index (χ1v) is 7.04. The molecule has 0 aromatic heterocycles. The fourth-order valence-electron chi connectivity index (χ4n) is 1.50. The number of nitrogens with two attached hydrogens (primary N) is 1. The van der Waals surface area contributed by atoms with Gasteiger partial charge in [0.2, 0.25) is 0 Å². The fourth-order valence-corrected chi connectivity index (χ4v) is 2.30. The van der Waals surface area contributed by atoms with Crippen molar-refractivity contribution < 1.29 is 9.53 Å². The molecule has 19 heavy (non-hydrogen) atoms. The second kappa shape index (κ2) is 6.59. The number of halogens is 2. The van der Waals surface area contributed by atoms with Crippen LogP contribution in [0, 0.1) is 0 Å². The van der Waals surface area contributed by atoms with E-state index >= 15 is 0 Å². The maximum atomic E-state index is 11.7. The van der Waals surface area contributed by atoms with E-state index in [2.05, 4.69) is 21.2 Å². The lowest BCUT2D eigenvalue weighted by molar-refractivity contribution is 0.0505. The lowest BCUT2D eigenvalue weighted by Gasteiger charge is -2.23. The van der Waals surface area contributed by atoms with Crippen LogP contribution < -0.4 is 11.1 Å². The van der Waals surface area contributed by atoms with Crippen LogP contribution in [-0.2, 0) is 4.74 Å². The third-order valence-corrected chi connectivity index (χ3v) is 3.09. The molecule has 1 unspecified atom stereocenters. The number of rotatable bonds is 3. The first-order valence-electron chi connectivity index (χ1n) is 5.87. The first kappa shape index (κ1) is 16.3. The van der Waals surface area contributed by atoms with Gasteiger partial charge in [0.05, 0.1) is 6.04 Å². The summed E-state index contributed by atoms with van der Waals surface area (Å²) >= 11 is 9.47.